The number of ether oxygens (including phenoxy) is 1. The van der Waals surface area contributed by atoms with Gasteiger partial charge in [-0.05, 0) is 35.0 Å². The first kappa shape index (κ1) is 8.20. The minimum Gasteiger partial charge on any atom is -0.380 e. The third-order valence-electron chi connectivity index (χ3n) is 2.10. The van der Waals surface area contributed by atoms with Crippen molar-refractivity contribution < 1.29 is 4.74 Å². The Labute approximate surface area is 80.1 Å². The van der Waals surface area contributed by atoms with E-state index in [4.69, 9.17) is 4.74 Å². The Kier molecular flexibility index (Phi) is 2.15. The maximum absolute atomic E-state index is 5.11. The van der Waals surface area contributed by atoms with Crippen LogP contribution in [0, 0.1) is 6.92 Å². The van der Waals surface area contributed by atoms with Crippen LogP contribution in [0.1, 0.15) is 17.3 Å². The first-order valence-electron chi connectivity index (χ1n) is 3.98. The quantitative estimate of drug-likeness (QED) is 0.735. The molecule has 0 saturated carbocycles. The molecule has 64 valence electrons. The highest BCUT2D eigenvalue weighted by molar-refractivity contribution is 9.10. The van der Waals surface area contributed by atoms with Crippen LogP contribution in [0.4, 0.5) is 0 Å². The molecule has 0 aliphatic carbocycles. The fraction of sp³-hybridized carbons (Fsp3) is 0.444. The van der Waals surface area contributed by atoms with Gasteiger partial charge in [0.15, 0.2) is 0 Å². The second kappa shape index (κ2) is 3.15. The van der Waals surface area contributed by atoms with Crippen LogP contribution in [-0.2, 0) is 4.74 Å². The van der Waals surface area contributed by atoms with Gasteiger partial charge in [-0.1, -0.05) is 0 Å². The molecule has 0 aromatic carbocycles. The van der Waals surface area contributed by atoms with Crippen molar-refractivity contribution in [2.24, 2.45) is 0 Å². The third-order valence-corrected chi connectivity index (χ3v) is 2.94. The van der Waals surface area contributed by atoms with Crippen LogP contribution >= 0.6 is 15.9 Å². The van der Waals surface area contributed by atoms with E-state index in [9.17, 15) is 0 Å². The molecule has 1 aromatic heterocycles. The van der Waals surface area contributed by atoms with Crippen LogP contribution in [-0.4, -0.2) is 18.2 Å². The minimum absolute atomic E-state index is 0.525. The number of aryl methyl sites for hydroxylation is 1. The topological polar surface area (TPSA) is 22.1 Å². The number of hydrogen-bond acceptors (Lipinski definition) is 2. The van der Waals surface area contributed by atoms with E-state index < -0.39 is 0 Å². The van der Waals surface area contributed by atoms with Crippen LogP contribution in [0.25, 0.3) is 0 Å². The highest BCUT2D eigenvalue weighted by atomic mass is 79.9. The van der Waals surface area contributed by atoms with Gasteiger partial charge in [0, 0.05) is 16.1 Å². The Balaban J connectivity index is 2.27. The van der Waals surface area contributed by atoms with Crippen molar-refractivity contribution in [2.45, 2.75) is 12.8 Å². The SMILES string of the molecule is Cc1nc(C2COC2)ccc1Br. The van der Waals surface area contributed by atoms with Crippen molar-refractivity contribution in [3.63, 3.8) is 0 Å². The number of rotatable bonds is 1. The fourth-order valence-corrected chi connectivity index (χ4v) is 1.42. The molecule has 1 saturated heterocycles. The Morgan fingerprint density at radius 2 is 2.25 bits per heavy atom. The zero-order chi connectivity index (χ0) is 8.55. The number of hydrogen-bond donors (Lipinski definition) is 0. The average molecular weight is 228 g/mol. The van der Waals surface area contributed by atoms with Crippen LogP contribution < -0.4 is 0 Å². The molecule has 1 aromatic rings. The highest BCUT2D eigenvalue weighted by Crippen LogP contribution is 2.24. The normalized spacial score (nSPS) is 17.5. The average Bonchev–Trinajstić information content (AvgIpc) is 1.93. The van der Waals surface area contributed by atoms with Crippen LogP contribution in [0.15, 0.2) is 16.6 Å². The van der Waals surface area contributed by atoms with E-state index in [1.165, 1.54) is 0 Å². The summed E-state index contributed by atoms with van der Waals surface area (Å²) < 4.78 is 6.18. The van der Waals surface area contributed by atoms with Crippen molar-refractivity contribution in [1.82, 2.24) is 4.98 Å². The van der Waals surface area contributed by atoms with Gasteiger partial charge in [0.1, 0.15) is 0 Å². The molecule has 0 atom stereocenters. The lowest BCUT2D eigenvalue weighted by molar-refractivity contribution is 0.00666. The van der Waals surface area contributed by atoms with Crippen molar-refractivity contribution in [2.75, 3.05) is 13.2 Å². The summed E-state index contributed by atoms with van der Waals surface area (Å²) in [5.41, 5.74) is 2.21. The third kappa shape index (κ3) is 1.39. The fourth-order valence-electron chi connectivity index (χ4n) is 1.20. The van der Waals surface area contributed by atoms with Gasteiger partial charge in [-0.15, -0.1) is 0 Å². The maximum Gasteiger partial charge on any atom is 0.0572 e. The second-order valence-electron chi connectivity index (χ2n) is 3.04. The molecule has 2 rings (SSSR count). The molecule has 3 heteroatoms. The lowest BCUT2D eigenvalue weighted by Crippen LogP contribution is -2.26. The molecule has 1 aliphatic heterocycles. The molecule has 0 spiro atoms. The zero-order valence-corrected chi connectivity index (χ0v) is 8.47. The van der Waals surface area contributed by atoms with E-state index in [2.05, 4.69) is 33.0 Å². The number of aromatic nitrogens is 1. The van der Waals surface area contributed by atoms with Gasteiger partial charge in [-0.2, -0.15) is 0 Å². The molecule has 0 bridgehead atoms. The first-order chi connectivity index (χ1) is 5.77. The summed E-state index contributed by atoms with van der Waals surface area (Å²) in [6.45, 7) is 3.66. The van der Waals surface area contributed by atoms with Crippen LogP contribution in [0.5, 0.6) is 0 Å². The Morgan fingerprint density at radius 3 is 2.75 bits per heavy atom. The Bertz CT molecular complexity index is 297. The summed E-state index contributed by atoms with van der Waals surface area (Å²) in [7, 11) is 0. The predicted molar refractivity (Wildman–Crippen MR) is 50.2 cm³/mol. The van der Waals surface area contributed by atoms with Gasteiger partial charge < -0.3 is 4.74 Å². The summed E-state index contributed by atoms with van der Waals surface area (Å²) in [5.74, 6) is 0.525. The van der Waals surface area contributed by atoms with Crippen molar-refractivity contribution >= 4 is 15.9 Å². The number of halogens is 1. The first-order valence-corrected chi connectivity index (χ1v) is 4.77. The molecular weight excluding hydrogens is 218 g/mol. The lowest BCUT2D eigenvalue weighted by atomic mass is 10.0. The Morgan fingerprint density at radius 1 is 1.50 bits per heavy atom. The molecular formula is C9H10BrNO. The summed E-state index contributed by atoms with van der Waals surface area (Å²) in [5, 5.41) is 0. The van der Waals surface area contributed by atoms with E-state index in [0.29, 0.717) is 5.92 Å². The molecule has 12 heavy (non-hydrogen) atoms. The second-order valence-corrected chi connectivity index (χ2v) is 3.89. The van der Waals surface area contributed by atoms with E-state index in [1.54, 1.807) is 0 Å². The number of nitrogens with zero attached hydrogens (tertiary/aromatic N) is 1. The Hall–Kier alpha value is -0.410. The predicted octanol–water partition coefficient (Wildman–Crippen LogP) is 2.27. The smallest absolute Gasteiger partial charge is 0.0572 e. The number of pyridine rings is 1. The summed E-state index contributed by atoms with van der Waals surface area (Å²) in [6.07, 6.45) is 0. The molecule has 0 radical (unpaired) electrons. The molecule has 0 amide bonds. The molecule has 1 fully saturated rings. The summed E-state index contributed by atoms with van der Waals surface area (Å²) in [4.78, 5) is 4.47. The van der Waals surface area contributed by atoms with Gasteiger partial charge in [-0.3, -0.25) is 4.98 Å². The van der Waals surface area contributed by atoms with Gasteiger partial charge >= 0.3 is 0 Å². The van der Waals surface area contributed by atoms with E-state index >= 15 is 0 Å². The molecule has 0 unspecified atom stereocenters. The zero-order valence-electron chi connectivity index (χ0n) is 6.88. The largest absolute Gasteiger partial charge is 0.380 e. The van der Waals surface area contributed by atoms with Gasteiger partial charge in [0.2, 0.25) is 0 Å². The lowest BCUT2D eigenvalue weighted by Gasteiger charge is -2.25. The summed E-state index contributed by atoms with van der Waals surface area (Å²) in [6, 6.07) is 4.11. The van der Waals surface area contributed by atoms with Crippen LogP contribution in [0.3, 0.4) is 0 Å². The van der Waals surface area contributed by atoms with Crippen molar-refractivity contribution in [3.05, 3.63) is 28.0 Å². The molecule has 1 aliphatic rings. The molecule has 0 N–H and O–H groups in total. The monoisotopic (exact) mass is 227 g/mol. The molecule has 2 nitrogen and oxygen atoms in total. The van der Waals surface area contributed by atoms with Gasteiger partial charge in [0.25, 0.3) is 0 Å². The standard InChI is InChI=1S/C9H10BrNO/c1-6-8(10)2-3-9(11-6)7-4-12-5-7/h2-3,7H,4-5H2,1H3. The van der Waals surface area contributed by atoms with Gasteiger partial charge in [-0.25, -0.2) is 0 Å². The van der Waals surface area contributed by atoms with Crippen molar-refractivity contribution in [3.8, 4) is 0 Å². The highest BCUT2D eigenvalue weighted by Gasteiger charge is 2.21. The van der Waals surface area contributed by atoms with E-state index in [1.807, 2.05) is 6.92 Å². The maximum atomic E-state index is 5.11. The van der Waals surface area contributed by atoms with E-state index in [-0.39, 0.29) is 0 Å². The minimum atomic E-state index is 0.525. The van der Waals surface area contributed by atoms with Crippen LogP contribution in [0.2, 0.25) is 0 Å². The van der Waals surface area contributed by atoms with E-state index in [0.717, 1.165) is 29.1 Å². The summed E-state index contributed by atoms with van der Waals surface area (Å²) >= 11 is 3.42. The molecule has 2 heterocycles. The van der Waals surface area contributed by atoms with Gasteiger partial charge in [0.05, 0.1) is 18.9 Å². The van der Waals surface area contributed by atoms with Crippen molar-refractivity contribution in [1.29, 1.82) is 0 Å².